The number of piperidine rings is 1. The maximum atomic E-state index is 13.2. The van der Waals surface area contributed by atoms with E-state index in [-0.39, 0.29) is 23.0 Å². The maximum absolute atomic E-state index is 13.2. The van der Waals surface area contributed by atoms with Crippen LogP contribution in [0, 0.1) is 0 Å². The topological polar surface area (TPSA) is 41.6 Å². The summed E-state index contributed by atoms with van der Waals surface area (Å²) in [5, 5.41) is 3.71. The highest BCUT2D eigenvalue weighted by Crippen LogP contribution is 2.32. The van der Waals surface area contributed by atoms with E-state index >= 15 is 0 Å². The first-order chi connectivity index (χ1) is 11.7. The lowest BCUT2D eigenvalue weighted by Crippen LogP contribution is -2.62. The van der Waals surface area contributed by atoms with Crippen molar-refractivity contribution in [2.75, 3.05) is 13.7 Å². The van der Waals surface area contributed by atoms with Gasteiger partial charge in [-0.3, -0.25) is 4.79 Å². The van der Waals surface area contributed by atoms with Crippen molar-refractivity contribution in [3.8, 4) is 5.75 Å². The highest BCUT2D eigenvalue weighted by molar-refractivity contribution is 5.94. The van der Waals surface area contributed by atoms with Crippen LogP contribution in [-0.2, 0) is 0 Å². The smallest absolute Gasteiger partial charge is 0.254 e. The lowest BCUT2D eigenvalue weighted by molar-refractivity contribution is 0.0441. The molecule has 1 aliphatic heterocycles. The summed E-state index contributed by atoms with van der Waals surface area (Å²) < 4.78 is 5.21. The van der Waals surface area contributed by atoms with E-state index < -0.39 is 0 Å². The van der Waals surface area contributed by atoms with Gasteiger partial charge in [0.2, 0.25) is 0 Å². The quantitative estimate of drug-likeness (QED) is 0.837. The van der Waals surface area contributed by atoms with Crippen molar-refractivity contribution in [1.82, 2.24) is 10.2 Å². The Kier molecular flexibility index (Phi) is 6.15. The van der Waals surface area contributed by atoms with Crippen LogP contribution in [0.25, 0.3) is 0 Å². The Morgan fingerprint density at radius 3 is 2.20 bits per heavy atom. The predicted octanol–water partition coefficient (Wildman–Crippen LogP) is 4.25. The predicted molar refractivity (Wildman–Crippen MR) is 103 cm³/mol. The molecule has 4 heteroatoms. The summed E-state index contributed by atoms with van der Waals surface area (Å²) in [4.78, 5) is 15.3. The fourth-order valence-electron chi connectivity index (χ4n) is 4.17. The second-order valence-corrected chi connectivity index (χ2v) is 8.54. The van der Waals surface area contributed by atoms with Gasteiger partial charge in [-0.1, -0.05) is 13.3 Å². The van der Waals surface area contributed by atoms with Gasteiger partial charge in [0.1, 0.15) is 5.75 Å². The molecule has 0 spiro atoms. The molecule has 0 unspecified atom stereocenters. The lowest BCUT2D eigenvalue weighted by Gasteiger charge is -2.49. The first-order valence-electron chi connectivity index (χ1n) is 9.42. The zero-order valence-electron chi connectivity index (χ0n) is 16.7. The number of amides is 1. The number of benzene rings is 1. The molecule has 1 aromatic rings. The van der Waals surface area contributed by atoms with Gasteiger partial charge >= 0.3 is 0 Å². The minimum absolute atomic E-state index is 0.0249. The van der Waals surface area contributed by atoms with Gasteiger partial charge in [0.15, 0.2) is 0 Å². The Hall–Kier alpha value is -1.55. The minimum Gasteiger partial charge on any atom is -0.497 e. The van der Waals surface area contributed by atoms with E-state index in [4.69, 9.17) is 4.74 Å². The molecule has 4 nitrogen and oxygen atoms in total. The van der Waals surface area contributed by atoms with E-state index in [1.54, 1.807) is 7.11 Å². The molecule has 1 aromatic carbocycles. The van der Waals surface area contributed by atoms with Crippen molar-refractivity contribution >= 4 is 5.91 Å². The molecule has 0 bridgehead atoms. The van der Waals surface area contributed by atoms with Crippen LogP contribution in [0.15, 0.2) is 24.3 Å². The zero-order valence-corrected chi connectivity index (χ0v) is 16.7. The van der Waals surface area contributed by atoms with Crippen LogP contribution >= 0.6 is 0 Å². The fourth-order valence-corrected chi connectivity index (χ4v) is 4.17. The van der Waals surface area contributed by atoms with Crippen molar-refractivity contribution in [2.45, 2.75) is 77.4 Å². The van der Waals surface area contributed by atoms with Crippen LogP contribution in [0.3, 0.4) is 0 Å². The number of methoxy groups -OCH3 is 1. The van der Waals surface area contributed by atoms with Gasteiger partial charge in [0.05, 0.1) is 7.11 Å². The third-order valence-corrected chi connectivity index (χ3v) is 4.96. The molecule has 0 atom stereocenters. The van der Waals surface area contributed by atoms with Crippen molar-refractivity contribution < 1.29 is 9.53 Å². The summed E-state index contributed by atoms with van der Waals surface area (Å²) in [5.41, 5.74) is 0.791. The molecule has 1 saturated heterocycles. The third kappa shape index (κ3) is 5.21. The Morgan fingerprint density at radius 2 is 1.72 bits per heavy atom. The van der Waals surface area contributed by atoms with Crippen molar-refractivity contribution in [3.05, 3.63) is 29.8 Å². The number of unbranched alkanes of at least 4 members (excludes halogenated alkanes) is 1. The molecule has 1 heterocycles. The van der Waals surface area contributed by atoms with Crippen LogP contribution < -0.4 is 10.1 Å². The van der Waals surface area contributed by atoms with Gasteiger partial charge in [-0.2, -0.15) is 0 Å². The summed E-state index contributed by atoms with van der Waals surface area (Å²) in [7, 11) is 1.64. The fraction of sp³-hybridized carbons (Fsp3) is 0.667. The Bertz CT molecular complexity index is 562. The first kappa shape index (κ1) is 19.8. The molecule has 0 aromatic heterocycles. The number of carbonyl (C=O) groups is 1. The van der Waals surface area contributed by atoms with Crippen LogP contribution in [0.5, 0.6) is 5.75 Å². The number of rotatable bonds is 6. The minimum atomic E-state index is 0.0249. The summed E-state index contributed by atoms with van der Waals surface area (Å²) >= 11 is 0. The van der Waals surface area contributed by atoms with Gasteiger partial charge in [-0.05, 0) is 71.2 Å². The van der Waals surface area contributed by atoms with Crippen LogP contribution in [0.2, 0.25) is 0 Å². The Labute approximate surface area is 152 Å². The van der Waals surface area contributed by atoms with Crippen LogP contribution in [-0.4, -0.2) is 41.6 Å². The van der Waals surface area contributed by atoms with E-state index in [0.29, 0.717) is 0 Å². The highest BCUT2D eigenvalue weighted by atomic mass is 16.5. The zero-order chi connectivity index (χ0) is 18.7. The second kappa shape index (κ2) is 7.77. The largest absolute Gasteiger partial charge is 0.497 e. The van der Waals surface area contributed by atoms with Crippen LogP contribution in [0.4, 0.5) is 0 Å². The second-order valence-electron chi connectivity index (χ2n) is 8.54. The number of hydrogen-bond acceptors (Lipinski definition) is 3. The van der Waals surface area contributed by atoms with Crippen molar-refractivity contribution in [3.63, 3.8) is 0 Å². The Morgan fingerprint density at radius 1 is 1.16 bits per heavy atom. The van der Waals surface area contributed by atoms with Crippen molar-refractivity contribution in [2.24, 2.45) is 0 Å². The summed E-state index contributed by atoms with van der Waals surface area (Å²) in [5.74, 6) is 0.912. The molecular weight excluding hydrogens is 312 g/mol. The number of ether oxygens (including phenoxy) is 1. The number of nitrogens with zero attached hydrogens (tertiary/aromatic N) is 1. The molecule has 2 rings (SSSR count). The first-order valence-corrected chi connectivity index (χ1v) is 9.42. The molecule has 0 aliphatic carbocycles. The molecule has 1 amide bonds. The highest BCUT2D eigenvalue weighted by Gasteiger charge is 2.41. The molecule has 1 N–H and O–H groups in total. The van der Waals surface area contributed by atoms with Gasteiger partial charge in [-0.15, -0.1) is 0 Å². The number of nitrogens with one attached hydrogen (secondary N) is 1. The van der Waals surface area contributed by atoms with E-state index in [0.717, 1.165) is 43.5 Å². The molecule has 0 saturated carbocycles. The normalized spacial score (nSPS) is 19.4. The average Bonchev–Trinajstić information content (AvgIpc) is 2.52. The molecule has 25 heavy (non-hydrogen) atoms. The van der Waals surface area contributed by atoms with E-state index in [1.807, 2.05) is 24.3 Å². The van der Waals surface area contributed by atoms with E-state index in [9.17, 15) is 4.79 Å². The molecule has 0 radical (unpaired) electrons. The van der Waals surface area contributed by atoms with Gasteiger partial charge in [0.25, 0.3) is 5.91 Å². The van der Waals surface area contributed by atoms with E-state index in [2.05, 4.69) is 44.8 Å². The maximum Gasteiger partial charge on any atom is 0.254 e. The van der Waals surface area contributed by atoms with Gasteiger partial charge < -0.3 is 15.0 Å². The Balaban J connectivity index is 2.26. The lowest BCUT2D eigenvalue weighted by atomic mass is 9.78. The number of carbonyl (C=O) groups excluding carboxylic acids is 1. The molecule has 1 fully saturated rings. The van der Waals surface area contributed by atoms with Gasteiger partial charge in [0, 0.05) is 29.2 Å². The van der Waals surface area contributed by atoms with Crippen LogP contribution in [0.1, 0.15) is 70.7 Å². The SMILES string of the molecule is CCCCN(C(=O)c1ccc(OC)cc1)C1CC(C)(C)NC(C)(C)C1. The molecule has 1 aliphatic rings. The summed E-state index contributed by atoms with van der Waals surface area (Å²) in [6.07, 6.45) is 4.07. The number of hydrogen-bond donors (Lipinski definition) is 1. The third-order valence-electron chi connectivity index (χ3n) is 4.96. The molecular formula is C21H34N2O2. The summed E-state index contributed by atoms with van der Waals surface area (Å²) in [6.45, 7) is 11.9. The average molecular weight is 347 g/mol. The monoisotopic (exact) mass is 346 g/mol. The standard InChI is InChI=1S/C21H34N2O2/c1-7-8-13-23(17-14-20(2,3)22-21(4,5)15-17)19(24)16-9-11-18(25-6)12-10-16/h9-12,17,22H,7-8,13-15H2,1-6H3. The van der Waals surface area contributed by atoms with Crippen molar-refractivity contribution in [1.29, 1.82) is 0 Å². The summed E-state index contributed by atoms with van der Waals surface area (Å²) in [6, 6.07) is 7.73. The van der Waals surface area contributed by atoms with E-state index in [1.165, 1.54) is 0 Å². The molecule has 140 valence electrons. The van der Waals surface area contributed by atoms with Gasteiger partial charge in [-0.25, -0.2) is 0 Å².